The molecule has 0 aliphatic heterocycles. The molecular weight excluding hydrogens is 1450 g/mol. The molecule has 0 radical (unpaired) electrons. The first-order valence-corrected chi connectivity index (χ1v) is 32.9. The van der Waals surface area contributed by atoms with Crippen molar-refractivity contribution in [2.75, 3.05) is 14.1 Å². The van der Waals surface area contributed by atoms with Crippen LogP contribution in [0.1, 0.15) is 109 Å². The van der Waals surface area contributed by atoms with Crippen molar-refractivity contribution in [2.45, 2.75) is 53.8 Å². The highest BCUT2D eigenvalue weighted by Gasteiger charge is 2.13. The Hall–Kier alpha value is -7.98. The van der Waals surface area contributed by atoms with Crippen LogP contribution in [0.5, 0.6) is 0 Å². The van der Waals surface area contributed by atoms with Gasteiger partial charge in [-0.25, -0.2) is 9.59 Å². The highest BCUT2D eigenvalue weighted by molar-refractivity contribution is 9.10. The summed E-state index contributed by atoms with van der Waals surface area (Å²) in [5.74, 6) is -1.74. The Labute approximate surface area is 588 Å². The minimum atomic E-state index is -0.907. The van der Waals surface area contributed by atoms with Gasteiger partial charge in [-0.2, -0.15) is 0 Å². The number of aromatic carboxylic acids is 2. The highest BCUT2D eigenvalue weighted by atomic mass is 79.9. The number of nitrogens with one attached hydrogen (secondary N) is 2. The lowest BCUT2D eigenvalue weighted by molar-refractivity contribution is 0.0686. The Morgan fingerprint density at radius 3 is 0.892 bits per heavy atom. The van der Waals surface area contributed by atoms with Gasteiger partial charge < -0.3 is 20.8 Å². The van der Waals surface area contributed by atoms with Crippen molar-refractivity contribution in [3.8, 4) is 44.5 Å². The van der Waals surface area contributed by atoms with E-state index in [0.717, 1.165) is 108 Å². The molecule has 10 aromatic rings. The molecule has 0 aromatic heterocycles. The Bertz CT molecular complexity index is 4110. The third kappa shape index (κ3) is 23.2. The normalized spacial score (nSPS) is 10.1. The number of benzene rings is 10. The molecule has 0 saturated heterocycles. The minimum Gasteiger partial charge on any atom is -0.478 e. The highest BCUT2D eigenvalue weighted by Crippen LogP contribution is 2.31. The zero-order chi connectivity index (χ0) is 68.6. The van der Waals surface area contributed by atoms with Crippen LogP contribution in [-0.2, 0) is 5.33 Å². The molecule has 0 heterocycles. The summed E-state index contributed by atoms with van der Waals surface area (Å²) in [7, 11) is 3.26. The Morgan fingerprint density at radius 2 is 0.591 bits per heavy atom. The molecule has 0 unspecified atom stereocenters. The number of amides is 2. The molecule has 2 amide bonds. The molecule has 0 aliphatic carbocycles. The molecule has 0 spiro atoms. The summed E-state index contributed by atoms with van der Waals surface area (Å²) in [5, 5.41) is 26.3. The fourth-order valence-electron chi connectivity index (χ4n) is 9.03. The number of alkyl halides is 1. The lowest BCUT2D eigenvalue weighted by Crippen LogP contribution is -2.17. The number of halogens is 7. The predicted molar refractivity (Wildman–Crippen MR) is 393 cm³/mol. The van der Waals surface area contributed by atoms with Gasteiger partial charge in [-0.1, -0.05) is 179 Å². The van der Waals surface area contributed by atoms with Crippen LogP contribution < -0.4 is 10.6 Å². The molecular formula is C76H67Br3Cl4N2O8. The first-order chi connectivity index (χ1) is 44.1. The summed E-state index contributed by atoms with van der Waals surface area (Å²) in [4.78, 5) is 66.6. The summed E-state index contributed by atoms with van der Waals surface area (Å²) >= 11 is 33.6. The number of carbonyl (C=O) groups is 6. The third-order valence-electron chi connectivity index (χ3n) is 14.2. The van der Waals surface area contributed by atoms with Crippen molar-refractivity contribution in [3.05, 3.63) is 302 Å². The van der Waals surface area contributed by atoms with Gasteiger partial charge in [-0.15, -0.1) is 0 Å². The molecule has 17 heteroatoms. The van der Waals surface area contributed by atoms with Crippen LogP contribution in [0.25, 0.3) is 44.5 Å². The maximum atomic E-state index is 11.6. The predicted octanol–water partition coefficient (Wildman–Crippen LogP) is 21.9. The van der Waals surface area contributed by atoms with Crippen molar-refractivity contribution in [1.82, 2.24) is 10.6 Å². The van der Waals surface area contributed by atoms with Crippen LogP contribution in [-0.4, -0.2) is 59.6 Å². The maximum Gasteiger partial charge on any atom is 0.335 e. The van der Waals surface area contributed by atoms with Gasteiger partial charge in [0.1, 0.15) is 0 Å². The van der Waals surface area contributed by atoms with Crippen LogP contribution in [0.4, 0.5) is 0 Å². The average Bonchev–Trinajstić information content (AvgIpc) is 1.28. The van der Waals surface area contributed by atoms with Crippen LogP contribution in [0.15, 0.2) is 215 Å². The van der Waals surface area contributed by atoms with Crippen molar-refractivity contribution in [1.29, 1.82) is 0 Å². The second-order valence-electron chi connectivity index (χ2n) is 20.9. The minimum absolute atomic E-state index is 0.0687. The van der Waals surface area contributed by atoms with Crippen LogP contribution in [0.2, 0.25) is 20.1 Å². The summed E-state index contributed by atoms with van der Waals surface area (Å²) in [5.41, 5.74) is 18.4. The van der Waals surface area contributed by atoms with Crippen molar-refractivity contribution < 1.29 is 39.0 Å². The van der Waals surface area contributed by atoms with Crippen molar-refractivity contribution >= 4 is 130 Å². The fourth-order valence-corrected chi connectivity index (χ4v) is 10.5. The van der Waals surface area contributed by atoms with E-state index in [9.17, 15) is 28.8 Å². The maximum absolute atomic E-state index is 11.6. The van der Waals surface area contributed by atoms with Crippen molar-refractivity contribution in [3.63, 3.8) is 0 Å². The Morgan fingerprint density at radius 1 is 0.344 bits per heavy atom. The van der Waals surface area contributed by atoms with Crippen LogP contribution >= 0.6 is 94.2 Å². The lowest BCUT2D eigenvalue weighted by Gasteiger charge is -2.10. The lowest BCUT2D eigenvalue weighted by atomic mass is 9.97. The van der Waals surface area contributed by atoms with Gasteiger partial charge in [-0.05, 0) is 248 Å². The van der Waals surface area contributed by atoms with E-state index in [4.69, 9.17) is 56.6 Å². The van der Waals surface area contributed by atoms with E-state index in [-0.39, 0.29) is 23.4 Å². The number of hydrogen-bond acceptors (Lipinski definition) is 6. The second-order valence-corrected chi connectivity index (χ2v) is 24.9. The van der Waals surface area contributed by atoms with E-state index in [1.54, 1.807) is 58.3 Å². The standard InChI is InChI=1S/C15H13BrClNO.C15H14ClNO.C15H13ClO.C14H11ClO2.C9H9BrO.C8H7BrO2/c1-18-15(19)11-4-7-14(12(8-11)9-16)10-2-5-13(17)6-3-10;1-10-9-12(15(18)17-2)5-8-14(10)11-3-6-13(16)7-4-11;1-10-9-13(11(2)17)5-8-15(10)12-3-6-14(16)7-4-12;1-9-8-11(14(16)17)4-7-13(9)10-2-5-12(15)6-3-10;1-6-5-8(7(2)11)3-4-9(6)10;1-5-4-6(8(10)11)2-3-7(5)9/h2-8H,9H2,1H3,(H,18,19);3-9H,1-2H3,(H,17,18);3-9H,1-2H3;2-8H,1H3,(H,16,17);3-5H,1-2H3;2-4H,1H3,(H,10,11). The molecule has 478 valence electrons. The van der Waals surface area contributed by atoms with Crippen molar-refractivity contribution in [2.24, 2.45) is 0 Å². The number of rotatable bonds is 11. The topological polar surface area (TPSA) is 167 Å². The molecule has 0 atom stereocenters. The number of hydrogen-bond donors (Lipinski definition) is 4. The average molecular weight is 1520 g/mol. The van der Waals surface area contributed by atoms with Crippen LogP contribution in [0, 0.1) is 34.6 Å². The quantitative estimate of drug-likeness (QED) is 0.0733. The molecule has 0 aliphatic rings. The summed E-state index contributed by atoms with van der Waals surface area (Å²) in [6, 6.07) is 63.3. The van der Waals surface area contributed by atoms with Gasteiger partial charge in [-0.3, -0.25) is 19.2 Å². The van der Waals surface area contributed by atoms with E-state index in [0.29, 0.717) is 37.6 Å². The van der Waals surface area contributed by atoms with E-state index in [1.165, 1.54) is 0 Å². The SMILES string of the molecule is CC(=O)c1ccc(-c2ccc(Cl)cc2)c(C)c1.CC(=O)c1ccc(Br)c(C)c1.CNC(=O)c1ccc(-c2ccc(Cl)cc2)c(C)c1.CNC(=O)c1ccc(-c2ccc(Cl)cc2)c(CBr)c1.Cc1cc(C(=O)O)ccc1-c1ccc(Cl)cc1.Cc1cc(C(=O)O)ccc1Br. The zero-order valence-electron chi connectivity index (χ0n) is 52.3. The van der Waals surface area contributed by atoms with Gasteiger partial charge in [0.25, 0.3) is 11.8 Å². The molecule has 93 heavy (non-hydrogen) atoms. The largest absolute Gasteiger partial charge is 0.478 e. The molecule has 10 rings (SSSR count). The Balaban J connectivity index is 0.000000205. The van der Waals surface area contributed by atoms with Gasteiger partial charge in [0.2, 0.25) is 0 Å². The number of Topliss-reactive ketones (excluding diaryl/α,β-unsaturated/α-hetero) is 2. The van der Waals surface area contributed by atoms with Crippen LogP contribution in [0.3, 0.4) is 0 Å². The first-order valence-electron chi connectivity index (χ1n) is 28.6. The van der Waals surface area contributed by atoms with E-state index < -0.39 is 11.9 Å². The third-order valence-corrected chi connectivity index (χ3v) is 17.5. The number of carbonyl (C=O) groups excluding carboxylic acids is 4. The Kier molecular flexibility index (Phi) is 30.2. The molecule has 0 bridgehead atoms. The number of carboxylic acids is 2. The molecule has 0 fully saturated rings. The first kappa shape index (κ1) is 75.7. The van der Waals surface area contributed by atoms with Gasteiger partial charge >= 0.3 is 11.9 Å². The second kappa shape index (κ2) is 37.1. The number of aryl methyl sites for hydroxylation is 5. The zero-order valence-corrected chi connectivity index (χ0v) is 60.1. The molecule has 10 aromatic carbocycles. The molecule has 0 saturated carbocycles. The summed E-state index contributed by atoms with van der Waals surface area (Å²) in [6.07, 6.45) is 0. The number of carboxylic acid groups (broad SMARTS) is 2. The summed E-state index contributed by atoms with van der Waals surface area (Å²) < 4.78 is 1.98. The van der Waals surface area contributed by atoms with E-state index in [2.05, 4.69) is 58.4 Å². The van der Waals surface area contributed by atoms with Gasteiger partial charge in [0.05, 0.1) is 11.1 Å². The number of ketones is 2. The van der Waals surface area contributed by atoms with E-state index in [1.807, 2.05) is 211 Å². The van der Waals surface area contributed by atoms with Gasteiger partial charge in [0, 0.05) is 70.7 Å². The fraction of sp³-hybridized carbons (Fsp3) is 0.132. The molecule has 10 nitrogen and oxygen atoms in total. The summed E-state index contributed by atoms with van der Waals surface area (Å²) in [6.45, 7) is 12.9. The smallest absolute Gasteiger partial charge is 0.335 e. The monoisotopic (exact) mass is 1510 g/mol. The van der Waals surface area contributed by atoms with Gasteiger partial charge in [0.15, 0.2) is 11.6 Å². The molecule has 4 N–H and O–H groups in total. The van der Waals surface area contributed by atoms with E-state index >= 15 is 0 Å².